The van der Waals surface area contributed by atoms with Gasteiger partial charge in [0.05, 0.1) is 29.5 Å². The van der Waals surface area contributed by atoms with Crippen LogP contribution in [0.5, 0.6) is 0 Å². The fraction of sp³-hybridized carbons (Fsp3) is 0.455. The van der Waals surface area contributed by atoms with Crippen LogP contribution in [-0.2, 0) is 25.4 Å². The highest BCUT2D eigenvalue weighted by Gasteiger charge is 2.43. The van der Waals surface area contributed by atoms with Crippen molar-refractivity contribution >= 4 is 87.3 Å². The first-order valence-corrected chi connectivity index (χ1v) is 23.0. The summed E-state index contributed by atoms with van der Waals surface area (Å²) in [7, 11) is 0. The van der Waals surface area contributed by atoms with Crippen LogP contribution in [0.15, 0.2) is 49.1 Å². The highest BCUT2D eigenvalue weighted by molar-refractivity contribution is 6.31. The number of carbonyl (C=O) groups excluding carboxylic acids is 4. The van der Waals surface area contributed by atoms with Crippen molar-refractivity contribution in [2.75, 3.05) is 66.3 Å². The fourth-order valence-corrected chi connectivity index (χ4v) is 9.43. The minimum atomic E-state index is -4.54. The first kappa shape index (κ1) is 55.8. The Morgan fingerprint density at radius 1 is 0.690 bits per heavy atom. The number of primary amides is 2. The number of nitrogens with one attached hydrogen (secondary N) is 3. The number of rotatable bonds is 9. The molecule has 0 spiro atoms. The topological polar surface area (TPSA) is 270 Å². The molecule has 0 bridgehead atoms. The Labute approximate surface area is 419 Å². The van der Waals surface area contributed by atoms with E-state index < -0.39 is 71.0 Å². The molecule has 6 atom stereocenters. The zero-order valence-electron chi connectivity index (χ0n) is 37.0. The van der Waals surface area contributed by atoms with Crippen LogP contribution in [0.25, 0.3) is 0 Å². The van der Waals surface area contributed by atoms with Crippen LogP contribution >= 0.6 is 34.8 Å². The summed E-state index contributed by atoms with van der Waals surface area (Å²) in [6, 6.07) is 4.85. The fourth-order valence-electron chi connectivity index (χ4n) is 8.83. The summed E-state index contributed by atoms with van der Waals surface area (Å²) in [4.78, 5) is 69.5. The second-order valence-corrected chi connectivity index (χ2v) is 18.0. The highest BCUT2D eigenvalue weighted by Crippen LogP contribution is 2.35. The lowest BCUT2D eigenvalue weighted by molar-refractivity contribution is -0.141. The average molecular weight is 1060 g/mol. The van der Waals surface area contributed by atoms with Crippen LogP contribution < -0.4 is 43.8 Å². The summed E-state index contributed by atoms with van der Waals surface area (Å²) in [6.45, 7) is 2.49. The zero-order valence-corrected chi connectivity index (χ0v) is 39.3. The number of piperidine rings is 4. The van der Waals surface area contributed by atoms with E-state index >= 15 is 0 Å². The van der Waals surface area contributed by atoms with Crippen LogP contribution in [-0.4, -0.2) is 117 Å². The lowest BCUT2D eigenvalue weighted by Crippen LogP contribution is -2.61. The van der Waals surface area contributed by atoms with Gasteiger partial charge in [0.2, 0.25) is 35.3 Å². The van der Waals surface area contributed by atoms with Crippen molar-refractivity contribution in [2.45, 2.75) is 76.3 Å². The second kappa shape index (κ2) is 24.3. The van der Waals surface area contributed by atoms with Crippen LogP contribution in [0.1, 0.15) is 51.5 Å². The number of amides is 4. The van der Waals surface area contributed by atoms with Crippen molar-refractivity contribution in [3.05, 3.63) is 87.3 Å². The molecule has 27 heteroatoms. The van der Waals surface area contributed by atoms with E-state index in [0.717, 1.165) is 18.5 Å². The predicted octanol–water partition coefficient (Wildman–Crippen LogP) is 5.49. The van der Waals surface area contributed by atoms with Crippen LogP contribution in [0.4, 0.5) is 55.2 Å². The maximum absolute atomic E-state index is 14.5. The summed E-state index contributed by atoms with van der Waals surface area (Å²) >= 11 is 17.0. The Bertz CT molecular complexity index is 2510. The third kappa shape index (κ3) is 14.1. The van der Waals surface area contributed by atoms with Crippen molar-refractivity contribution in [2.24, 2.45) is 23.3 Å². The summed E-state index contributed by atoms with van der Waals surface area (Å²) in [5, 5.41) is 8.99. The molecule has 4 aliphatic heterocycles. The standard InChI is InChI=1S/C21H24ClF2N7O2.C18H22ClF3N4O2.C4H3ClFN3.CH4/c22-11-6-12(23)8-13(7-11)29-15-2-1-4-31(21(15)33)16-9-30(5-3-14(16)19(26)32)20-17(24)18(25)27-10-28-20;19-11-6-10(18(20,21)22)7-12(8-11)25-14-2-1-5-26(17(14)28)15-9-24-4-3-13(15)16(23)27;5-3-2(6)4(7)9-1-8-3;/h6-8,10,14-16,29H,1-5,9H2,(H2,26,32)(H2,25,27,28);6-8,13-15,24-25H,1-5,9H2,(H2,23,27);1H,(H2,7,8,9);1H4/t14-,15?,16-;13-,14?,15-;;/m00../s1. The number of nitrogens with zero attached hydrogens (tertiary/aromatic N) is 7. The highest BCUT2D eigenvalue weighted by atomic mass is 35.5. The number of hydrogen-bond donors (Lipinski definition) is 7. The third-order valence-corrected chi connectivity index (χ3v) is 12.9. The van der Waals surface area contributed by atoms with Gasteiger partial charge in [-0.2, -0.15) is 22.0 Å². The Morgan fingerprint density at radius 2 is 1.23 bits per heavy atom. The number of alkyl halides is 3. The zero-order chi connectivity index (χ0) is 51.0. The van der Waals surface area contributed by atoms with Crippen molar-refractivity contribution < 1.29 is 45.5 Å². The van der Waals surface area contributed by atoms with E-state index in [1.54, 1.807) is 14.7 Å². The minimum Gasteiger partial charge on any atom is -0.381 e. The first-order chi connectivity index (χ1) is 33.1. The Morgan fingerprint density at radius 3 is 1.77 bits per heavy atom. The number of carbonyl (C=O) groups is 4. The number of likely N-dealkylation sites (tertiary alicyclic amines) is 2. The molecule has 2 aromatic carbocycles. The van der Waals surface area contributed by atoms with E-state index in [1.165, 1.54) is 30.6 Å². The van der Waals surface area contributed by atoms with Crippen LogP contribution in [0, 0.1) is 29.3 Å². The number of nitrogens with two attached hydrogens (primary N) is 4. The average Bonchev–Trinajstić information content (AvgIpc) is 3.30. The lowest BCUT2D eigenvalue weighted by atomic mass is 9.87. The van der Waals surface area contributed by atoms with Gasteiger partial charge in [0.1, 0.15) is 30.6 Å². The van der Waals surface area contributed by atoms with Crippen LogP contribution in [0.2, 0.25) is 15.2 Å². The van der Waals surface area contributed by atoms with Gasteiger partial charge in [-0.3, -0.25) is 19.2 Å². The summed E-state index contributed by atoms with van der Waals surface area (Å²) in [6.07, 6.45) is 0.923. The summed E-state index contributed by atoms with van der Waals surface area (Å²) in [5.41, 5.74) is 21.4. The molecular formula is C44H53Cl3F6N14O4. The number of anilines is 5. The molecule has 18 nitrogen and oxygen atoms in total. The van der Waals surface area contributed by atoms with Crippen molar-refractivity contribution in [1.82, 2.24) is 35.1 Å². The molecule has 11 N–H and O–H groups in total. The Balaban J connectivity index is 0.000000224. The molecule has 0 saturated carbocycles. The molecular weight excluding hydrogens is 1010 g/mol. The molecule has 71 heavy (non-hydrogen) atoms. The number of halogens is 9. The molecule has 4 aromatic rings. The largest absolute Gasteiger partial charge is 0.416 e. The summed E-state index contributed by atoms with van der Waals surface area (Å²) in [5.74, 6) is -5.03. The summed E-state index contributed by atoms with van der Waals surface area (Å²) < 4.78 is 79.7. The minimum absolute atomic E-state index is 0. The third-order valence-electron chi connectivity index (χ3n) is 12.2. The van der Waals surface area contributed by atoms with Gasteiger partial charge in [-0.05, 0) is 81.5 Å². The molecule has 2 unspecified atom stereocenters. The van der Waals surface area contributed by atoms with E-state index in [2.05, 4.69) is 35.9 Å². The van der Waals surface area contributed by atoms with Gasteiger partial charge in [-0.1, -0.05) is 42.2 Å². The number of benzene rings is 2. The van der Waals surface area contributed by atoms with Crippen LogP contribution in [0.3, 0.4) is 0 Å². The quantitative estimate of drug-likeness (QED) is 0.0808. The molecule has 0 aliphatic carbocycles. The molecule has 2 aromatic heterocycles. The molecule has 4 aliphatic rings. The SMILES string of the molecule is C.NC(=O)[C@H]1CCN(c2ncnc(N)c2F)C[C@@H]1N1CCCC(Nc2cc(F)cc(Cl)c2)C1=O.NC(=O)[C@H]1CCNC[C@@H]1N1CCCC(Nc2cc(Cl)cc(C(F)(F)F)c2)C1=O.Nc1ncnc(Cl)c1F. The Hall–Kier alpha value is -6.11. The molecule has 386 valence electrons. The number of nitrogen functional groups attached to an aromatic ring is 2. The van der Waals surface area contributed by atoms with Crippen molar-refractivity contribution in [3.8, 4) is 0 Å². The molecule has 4 amide bonds. The van der Waals surface area contributed by atoms with Gasteiger partial charge >= 0.3 is 6.18 Å². The lowest BCUT2D eigenvalue weighted by Gasteiger charge is -2.46. The van der Waals surface area contributed by atoms with Gasteiger partial charge in [-0.15, -0.1) is 0 Å². The van der Waals surface area contributed by atoms with E-state index in [9.17, 15) is 45.5 Å². The van der Waals surface area contributed by atoms with Gasteiger partial charge in [0.15, 0.2) is 22.6 Å². The monoisotopic (exact) mass is 1060 g/mol. The molecule has 6 heterocycles. The van der Waals surface area contributed by atoms with E-state index in [1.807, 2.05) is 0 Å². The van der Waals surface area contributed by atoms with Gasteiger partial charge in [0, 0.05) is 54.1 Å². The van der Waals surface area contributed by atoms with Crippen molar-refractivity contribution in [3.63, 3.8) is 0 Å². The maximum Gasteiger partial charge on any atom is 0.416 e. The smallest absolute Gasteiger partial charge is 0.381 e. The predicted molar refractivity (Wildman–Crippen MR) is 256 cm³/mol. The number of hydrogen-bond acceptors (Lipinski definition) is 14. The first-order valence-electron chi connectivity index (χ1n) is 21.8. The molecule has 8 rings (SSSR count). The second-order valence-electron chi connectivity index (χ2n) is 16.8. The van der Waals surface area contributed by atoms with Gasteiger partial charge in [0.25, 0.3) is 0 Å². The van der Waals surface area contributed by atoms with E-state index in [0.29, 0.717) is 76.9 Å². The van der Waals surface area contributed by atoms with Gasteiger partial charge < -0.3 is 53.6 Å². The number of aromatic nitrogens is 4. The van der Waals surface area contributed by atoms with Gasteiger partial charge in [-0.25, -0.2) is 24.3 Å². The van der Waals surface area contributed by atoms with E-state index in [-0.39, 0.29) is 70.2 Å². The Kier molecular flexibility index (Phi) is 19.1. The maximum atomic E-state index is 14.5. The molecule has 4 fully saturated rings. The normalized spacial score (nSPS) is 22.5. The molecule has 0 radical (unpaired) electrons. The molecule has 4 saturated heterocycles. The van der Waals surface area contributed by atoms with Crippen molar-refractivity contribution in [1.29, 1.82) is 0 Å². The van der Waals surface area contributed by atoms with E-state index in [4.69, 9.17) is 57.7 Å².